The largest absolute Gasteiger partial charge is 0.323 e. The molecule has 2 N–H and O–H groups in total. The average Bonchev–Trinajstić information content (AvgIpc) is 2.85. The molecule has 1 aromatic heterocycles. The van der Waals surface area contributed by atoms with Crippen molar-refractivity contribution in [2.75, 3.05) is 0 Å². The van der Waals surface area contributed by atoms with Gasteiger partial charge in [0.25, 0.3) is 0 Å². The lowest BCUT2D eigenvalue weighted by Crippen LogP contribution is -2.12. The van der Waals surface area contributed by atoms with Crippen LogP contribution >= 0.6 is 0 Å². The van der Waals surface area contributed by atoms with Gasteiger partial charge in [-0.3, -0.25) is 4.68 Å². The standard InChI is InChI=1S/C12H19N3/c1-8(13)12-7-11(9-3-2-4-9)14-15(12)10-5-6-10/h7-10H,2-6,13H2,1H3/t8-/m1/s1. The van der Waals surface area contributed by atoms with Crippen molar-refractivity contribution < 1.29 is 0 Å². The molecule has 0 unspecified atom stereocenters. The molecule has 0 saturated heterocycles. The molecule has 0 aliphatic heterocycles. The predicted molar refractivity (Wildman–Crippen MR) is 59.7 cm³/mol. The van der Waals surface area contributed by atoms with E-state index in [0.29, 0.717) is 6.04 Å². The third-order valence-corrected chi connectivity index (χ3v) is 3.67. The molecule has 2 aliphatic carbocycles. The zero-order valence-electron chi connectivity index (χ0n) is 9.32. The van der Waals surface area contributed by atoms with Gasteiger partial charge in [-0.15, -0.1) is 0 Å². The van der Waals surface area contributed by atoms with E-state index in [0.717, 1.165) is 5.92 Å². The van der Waals surface area contributed by atoms with Gasteiger partial charge in [-0.25, -0.2) is 0 Å². The van der Waals surface area contributed by atoms with Crippen LogP contribution in [0.1, 0.15) is 68.4 Å². The Labute approximate surface area is 90.7 Å². The maximum atomic E-state index is 5.99. The number of hydrogen-bond donors (Lipinski definition) is 1. The Morgan fingerprint density at radius 1 is 1.40 bits per heavy atom. The molecule has 82 valence electrons. The van der Waals surface area contributed by atoms with Gasteiger partial charge in [0, 0.05) is 12.0 Å². The highest BCUT2D eigenvalue weighted by Gasteiger charge is 2.30. The van der Waals surface area contributed by atoms with Crippen LogP contribution in [0.3, 0.4) is 0 Å². The molecule has 1 aromatic rings. The maximum Gasteiger partial charge on any atom is 0.0659 e. The van der Waals surface area contributed by atoms with E-state index in [1.807, 2.05) is 0 Å². The van der Waals surface area contributed by atoms with Gasteiger partial charge < -0.3 is 5.73 Å². The topological polar surface area (TPSA) is 43.8 Å². The Hall–Kier alpha value is -0.830. The molecule has 0 bridgehead atoms. The Morgan fingerprint density at radius 3 is 2.60 bits per heavy atom. The molecule has 0 amide bonds. The van der Waals surface area contributed by atoms with E-state index in [-0.39, 0.29) is 6.04 Å². The van der Waals surface area contributed by atoms with E-state index < -0.39 is 0 Å². The molecule has 3 rings (SSSR count). The van der Waals surface area contributed by atoms with Gasteiger partial charge in [-0.05, 0) is 38.7 Å². The SMILES string of the molecule is C[C@@H](N)c1cc(C2CCC2)nn1C1CC1. The zero-order valence-corrected chi connectivity index (χ0v) is 9.32. The fourth-order valence-electron chi connectivity index (χ4n) is 2.28. The van der Waals surface area contributed by atoms with Crippen LogP contribution < -0.4 is 5.73 Å². The van der Waals surface area contributed by atoms with Gasteiger partial charge in [0.05, 0.1) is 17.4 Å². The first-order chi connectivity index (χ1) is 7.25. The molecule has 0 radical (unpaired) electrons. The number of aromatic nitrogens is 2. The number of hydrogen-bond acceptors (Lipinski definition) is 2. The summed E-state index contributed by atoms with van der Waals surface area (Å²) in [6.45, 7) is 2.06. The van der Waals surface area contributed by atoms with Crippen molar-refractivity contribution >= 4 is 0 Å². The van der Waals surface area contributed by atoms with Gasteiger partial charge in [0.1, 0.15) is 0 Å². The smallest absolute Gasteiger partial charge is 0.0659 e. The van der Waals surface area contributed by atoms with E-state index >= 15 is 0 Å². The van der Waals surface area contributed by atoms with Gasteiger partial charge in [-0.1, -0.05) is 6.42 Å². The second kappa shape index (κ2) is 3.34. The summed E-state index contributed by atoms with van der Waals surface area (Å²) in [5, 5.41) is 4.75. The summed E-state index contributed by atoms with van der Waals surface area (Å²) in [6, 6.07) is 3.01. The first-order valence-electron chi connectivity index (χ1n) is 6.10. The van der Waals surface area contributed by atoms with Crippen molar-refractivity contribution in [2.24, 2.45) is 5.73 Å². The minimum atomic E-state index is 0.118. The molecule has 3 nitrogen and oxygen atoms in total. The fourth-order valence-corrected chi connectivity index (χ4v) is 2.28. The molecule has 2 fully saturated rings. The van der Waals surface area contributed by atoms with E-state index in [1.165, 1.54) is 43.5 Å². The summed E-state index contributed by atoms with van der Waals surface area (Å²) >= 11 is 0. The molecule has 3 heteroatoms. The van der Waals surface area contributed by atoms with Crippen molar-refractivity contribution in [1.82, 2.24) is 9.78 Å². The van der Waals surface area contributed by atoms with Crippen molar-refractivity contribution in [3.05, 3.63) is 17.5 Å². The summed E-state index contributed by atoms with van der Waals surface area (Å²) in [6.07, 6.45) is 6.58. The average molecular weight is 205 g/mol. The van der Waals surface area contributed by atoms with Crippen LogP contribution in [0.5, 0.6) is 0 Å². The summed E-state index contributed by atoms with van der Waals surface area (Å²) < 4.78 is 2.19. The summed E-state index contributed by atoms with van der Waals surface area (Å²) in [4.78, 5) is 0. The van der Waals surface area contributed by atoms with Crippen LogP contribution in [0.25, 0.3) is 0 Å². The Morgan fingerprint density at radius 2 is 2.13 bits per heavy atom. The van der Waals surface area contributed by atoms with Gasteiger partial charge in [0.15, 0.2) is 0 Å². The van der Waals surface area contributed by atoms with Crippen LogP contribution in [-0.2, 0) is 0 Å². The van der Waals surface area contributed by atoms with Crippen molar-refractivity contribution in [3.63, 3.8) is 0 Å². The second-order valence-corrected chi connectivity index (χ2v) is 5.09. The number of nitrogens with two attached hydrogens (primary N) is 1. The van der Waals surface area contributed by atoms with Gasteiger partial charge >= 0.3 is 0 Å². The lowest BCUT2D eigenvalue weighted by molar-refractivity contribution is 0.405. The van der Waals surface area contributed by atoms with Crippen LogP contribution in [0.15, 0.2) is 6.07 Å². The molecule has 1 heterocycles. The van der Waals surface area contributed by atoms with Crippen LogP contribution in [-0.4, -0.2) is 9.78 Å². The molecule has 0 spiro atoms. The van der Waals surface area contributed by atoms with E-state index in [2.05, 4.69) is 17.7 Å². The second-order valence-electron chi connectivity index (χ2n) is 5.09. The lowest BCUT2D eigenvalue weighted by Gasteiger charge is -2.22. The van der Waals surface area contributed by atoms with Crippen LogP contribution in [0, 0.1) is 0 Å². The molecule has 0 aromatic carbocycles. The highest BCUT2D eigenvalue weighted by atomic mass is 15.3. The van der Waals surface area contributed by atoms with Crippen LogP contribution in [0.2, 0.25) is 0 Å². The van der Waals surface area contributed by atoms with Gasteiger partial charge in [0.2, 0.25) is 0 Å². The van der Waals surface area contributed by atoms with E-state index in [9.17, 15) is 0 Å². The first kappa shape index (κ1) is 9.40. The highest BCUT2D eigenvalue weighted by molar-refractivity contribution is 5.20. The quantitative estimate of drug-likeness (QED) is 0.824. The van der Waals surface area contributed by atoms with E-state index in [4.69, 9.17) is 10.8 Å². The summed E-state index contributed by atoms with van der Waals surface area (Å²) in [5.41, 5.74) is 8.52. The Bertz CT molecular complexity index is 339. The fraction of sp³-hybridized carbons (Fsp3) is 0.750. The molecular formula is C12H19N3. The maximum absolute atomic E-state index is 5.99. The normalized spacial score (nSPS) is 23.9. The number of rotatable bonds is 3. The van der Waals surface area contributed by atoms with Crippen molar-refractivity contribution in [2.45, 2.75) is 57.0 Å². The summed E-state index contributed by atoms with van der Waals surface area (Å²) in [7, 11) is 0. The third-order valence-electron chi connectivity index (χ3n) is 3.67. The minimum Gasteiger partial charge on any atom is -0.323 e. The third kappa shape index (κ3) is 1.59. The van der Waals surface area contributed by atoms with E-state index in [1.54, 1.807) is 0 Å². The Balaban J connectivity index is 1.92. The number of nitrogens with zero attached hydrogens (tertiary/aromatic N) is 2. The molecule has 2 saturated carbocycles. The van der Waals surface area contributed by atoms with Crippen molar-refractivity contribution in [1.29, 1.82) is 0 Å². The molecule has 15 heavy (non-hydrogen) atoms. The van der Waals surface area contributed by atoms with Crippen LogP contribution in [0.4, 0.5) is 0 Å². The zero-order chi connectivity index (χ0) is 10.4. The first-order valence-corrected chi connectivity index (χ1v) is 6.10. The summed E-state index contributed by atoms with van der Waals surface area (Å²) in [5.74, 6) is 0.725. The van der Waals surface area contributed by atoms with Crippen molar-refractivity contribution in [3.8, 4) is 0 Å². The highest BCUT2D eigenvalue weighted by Crippen LogP contribution is 2.40. The monoisotopic (exact) mass is 205 g/mol. The minimum absolute atomic E-state index is 0.118. The molecular weight excluding hydrogens is 186 g/mol. The Kier molecular flexibility index (Phi) is 2.09. The van der Waals surface area contributed by atoms with Gasteiger partial charge in [-0.2, -0.15) is 5.10 Å². The predicted octanol–water partition coefficient (Wildman–Crippen LogP) is 2.51. The molecule has 2 aliphatic rings. The lowest BCUT2D eigenvalue weighted by atomic mass is 9.83. The molecule has 1 atom stereocenters.